The Morgan fingerprint density at radius 2 is 2.00 bits per heavy atom. The molecule has 0 radical (unpaired) electrons. The number of halogens is 4. The summed E-state index contributed by atoms with van der Waals surface area (Å²) in [5.74, 6) is -1.09. The predicted molar refractivity (Wildman–Crippen MR) is 65.4 cm³/mol. The summed E-state index contributed by atoms with van der Waals surface area (Å²) in [4.78, 5) is -0.244. The maximum Gasteiger partial charge on any atom is 0.193 e. The van der Waals surface area contributed by atoms with Crippen molar-refractivity contribution >= 4 is 27.5 Å². The molecule has 0 aliphatic heterocycles. The van der Waals surface area contributed by atoms with E-state index < -0.39 is 11.6 Å². The molecule has 0 saturated carbocycles. The molecule has 90 valence electrons. The molecule has 1 aromatic heterocycles. The third-order valence-electron chi connectivity index (χ3n) is 2.33. The third-order valence-corrected chi connectivity index (χ3v) is 3.31. The van der Waals surface area contributed by atoms with Gasteiger partial charge in [0.1, 0.15) is 5.76 Å². The second-order valence-corrected chi connectivity index (χ2v) is 5.00. The van der Waals surface area contributed by atoms with Crippen LogP contribution >= 0.6 is 27.5 Å². The first-order valence-corrected chi connectivity index (χ1v) is 6.19. The van der Waals surface area contributed by atoms with Gasteiger partial charge in [0.25, 0.3) is 0 Å². The number of hydrogen-bond donors (Lipinski definition) is 0. The Labute approximate surface area is 111 Å². The molecular weight excluding hydrogens is 313 g/mol. The minimum atomic E-state index is -0.848. The van der Waals surface area contributed by atoms with Crippen LogP contribution in [0.2, 0.25) is 5.22 Å². The Hall–Kier alpha value is -0.870. The van der Waals surface area contributed by atoms with Gasteiger partial charge in [0.05, 0.1) is 4.83 Å². The Morgan fingerprint density at radius 3 is 2.65 bits per heavy atom. The van der Waals surface area contributed by atoms with Crippen LogP contribution in [0, 0.1) is 11.6 Å². The number of alkyl halides is 1. The molecule has 1 heterocycles. The van der Waals surface area contributed by atoms with Gasteiger partial charge in [-0.05, 0) is 41.8 Å². The lowest BCUT2D eigenvalue weighted by Crippen LogP contribution is -1.99. The highest BCUT2D eigenvalue weighted by atomic mass is 79.9. The molecule has 0 bridgehead atoms. The van der Waals surface area contributed by atoms with E-state index in [9.17, 15) is 8.78 Å². The summed E-state index contributed by atoms with van der Waals surface area (Å²) < 4.78 is 31.6. The molecule has 0 aliphatic carbocycles. The molecule has 2 aromatic rings. The second kappa shape index (κ2) is 5.19. The van der Waals surface area contributed by atoms with Crippen molar-refractivity contribution in [3.8, 4) is 0 Å². The molecule has 0 N–H and O–H groups in total. The minimum Gasteiger partial charge on any atom is -0.449 e. The number of hydrogen-bond acceptors (Lipinski definition) is 1. The van der Waals surface area contributed by atoms with Crippen LogP contribution in [0.4, 0.5) is 8.78 Å². The van der Waals surface area contributed by atoms with Gasteiger partial charge in [-0.2, -0.15) is 0 Å². The smallest absolute Gasteiger partial charge is 0.193 e. The van der Waals surface area contributed by atoms with Gasteiger partial charge in [-0.15, -0.1) is 0 Å². The van der Waals surface area contributed by atoms with E-state index in [2.05, 4.69) is 15.9 Å². The molecule has 1 nitrogen and oxygen atoms in total. The summed E-state index contributed by atoms with van der Waals surface area (Å²) >= 11 is 9.00. The lowest BCUT2D eigenvalue weighted by Gasteiger charge is -2.08. The van der Waals surface area contributed by atoms with E-state index in [1.54, 1.807) is 12.1 Å². The summed E-state index contributed by atoms with van der Waals surface area (Å²) in [6.07, 6.45) is 0.285. The molecule has 0 fully saturated rings. The predicted octanol–water partition coefficient (Wildman–Crippen LogP) is 4.89. The van der Waals surface area contributed by atoms with E-state index in [0.29, 0.717) is 11.3 Å². The van der Waals surface area contributed by atoms with E-state index in [1.165, 1.54) is 12.1 Å². The summed E-state index contributed by atoms with van der Waals surface area (Å²) in [5.41, 5.74) is 0.291. The summed E-state index contributed by atoms with van der Waals surface area (Å²) in [6.45, 7) is 0. The van der Waals surface area contributed by atoms with Gasteiger partial charge in [-0.25, -0.2) is 8.78 Å². The number of benzene rings is 1. The van der Waals surface area contributed by atoms with E-state index in [0.717, 1.165) is 6.07 Å². The van der Waals surface area contributed by atoms with Crippen molar-refractivity contribution in [1.29, 1.82) is 0 Å². The fourth-order valence-electron chi connectivity index (χ4n) is 1.50. The van der Waals surface area contributed by atoms with Gasteiger partial charge in [-0.1, -0.05) is 28.1 Å². The second-order valence-electron chi connectivity index (χ2n) is 3.53. The maximum atomic E-state index is 13.4. The molecule has 1 unspecified atom stereocenters. The maximum absolute atomic E-state index is 13.4. The van der Waals surface area contributed by atoms with E-state index in [4.69, 9.17) is 16.0 Å². The van der Waals surface area contributed by atoms with Gasteiger partial charge in [0, 0.05) is 0 Å². The van der Waals surface area contributed by atoms with Crippen LogP contribution in [0.1, 0.15) is 16.2 Å². The van der Waals surface area contributed by atoms with Gasteiger partial charge >= 0.3 is 0 Å². The van der Waals surface area contributed by atoms with Crippen LogP contribution in [0.15, 0.2) is 34.7 Å². The van der Waals surface area contributed by atoms with Gasteiger partial charge in [0.2, 0.25) is 0 Å². The SMILES string of the molecule is Fc1cccc(CC(Br)c2ccc(Cl)o2)c1F. The van der Waals surface area contributed by atoms with E-state index in [1.807, 2.05) is 0 Å². The molecule has 17 heavy (non-hydrogen) atoms. The fourth-order valence-corrected chi connectivity index (χ4v) is 2.24. The van der Waals surface area contributed by atoms with Crippen LogP contribution in [0.5, 0.6) is 0 Å². The highest BCUT2D eigenvalue weighted by molar-refractivity contribution is 9.09. The van der Waals surface area contributed by atoms with Crippen LogP contribution in [-0.4, -0.2) is 0 Å². The summed E-state index contributed by atoms with van der Waals surface area (Å²) in [6, 6.07) is 7.40. The van der Waals surface area contributed by atoms with Crippen molar-refractivity contribution in [3.63, 3.8) is 0 Å². The van der Waals surface area contributed by atoms with Crippen molar-refractivity contribution in [3.05, 3.63) is 58.5 Å². The van der Waals surface area contributed by atoms with Crippen LogP contribution in [-0.2, 0) is 6.42 Å². The van der Waals surface area contributed by atoms with Gasteiger partial charge in [-0.3, -0.25) is 0 Å². The summed E-state index contributed by atoms with van der Waals surface area (Å²) in [7, 11) is 0. The average Bonchev–Trinajstić information content (AvgIpc) is 2.72. The van der Waals surface area contributed by atoms with E-state index >= 15 is 0 Å². The molecule has 0 spiro atoms. The van der Waals surface area contributed by atoms with Gasteiger partial charge in [0.15, 0.2) is 16.9 Å². The first kappa shape index (κ1) is 12.6. The quantitative estimate of drug-likeness (QED) is 0.734. The zero-order valence-corrected chi connectivity index (χ0v) is 10.9. The van der Waals surface area contributed by atoms with Crippen molar-refractivity contribution in [2.75, 3.05) is 0 Å². The zero-order chi connectivity index (χ0) is 12.4. The molecule has 0 saturated heterocycles. The molecule has 2 rings (SSSR count). The van der Waals surface area contributed by atoms with Crippen molar-refractivity contribution < 1.29 is 13.2 Å². The Morgan fingerprint density at radius 1 is 1.24 bits per heavy atom. The Kier molecular flexibility index (Phi) is 3.84. The standard InChI is InChI=1S/C12H8BrClF2O/c13-8(10-4-5-11(14)17-10)6-7-2-1-3-9(15)12(7)16/h1-5,8H,6H2. The molecule has 5 heteroatoms. The fraction of sp³-hybridized carbons (Fsp3) is 0.167. The first-order chi connectivity index (χ1) is 8.08. The highest BCUT2D eigenvalue weighted by Crippen LogP contribution is 2.30. The molecule has 0 aliphatic rings. The Balaban J connectivity index is 2.18. The van der Waals surface area contributed by atoms with Crippen LogP contribution in [0.3, 0.4) is 0 Å². The van der Waals surface area contributed by atoms with Crippen LogP contribution in [0.25, 0.3) is 0 Å². The number of rotatable bonds is 3. The Bertz CT molecular complexity index is 527. The number of furan rings is 1. The van der Waals surface area contributed by atoms with E-state index in [-0.39, 0.29) is 16.5 Å². The molecular formula is C12H8BrClF2O. The average molecular weight is 322 g/mol. The van der Waals surface area contributed by atoms with Crippen molar-refractivity contribution in [2.24, 2.45) is 0 Å². The lowest BCUT2D eigenvalue weighted by molar-refractivity contribution is 0.486. The molecule has 0 amide bonds. The normalized spacial score (nSPS) is 12.7. The molecule has 1 aromatic carbocycles. The monoisotopic (exact) mass is 320 g/mol. The highest BCUT2D eigenvalue weighted by Gasteiger charge is 2.16. The first-order valence-electron chi connectivity index (χ1n) is 4.90. The largest absolute Gasteiger partial charge is 0.449 e. The minimum absolute atomic E-state index is 0.244. The third kappa shape index (κ3) is 2.87. The lowest BCUT2D eigenvalue weighted by atomic mass is 10.1. The molecule has 1 atom stereocenters. The van der Waals surface area contributed by atoms with Crippen molar-refractivity contribution in [2.45, 2.75) is 11.2 Å². The van der Waals surface area contributed by atoms with Crippen LogP contribution < -0.4 is 0 Å². The van der Waals surface area contributed by atoms with Crippen molar-refractivity contribution in [1.82, 2.24) is 0 Å². The van der Waals surface area contributed by atoms with Gasteiger partial charge < -0.3 is 4.42 Å². The topological polar surface area (TPSA) is 13.1 Å². The summed E-state index contributed by atoms with van der Waals surface area (Å²) in [5, 5.41) is 0.268. The zero-order valence-electron chi connectivity index (χ0n) is 8.59.